The van der Waals surface area contributed by atoms with E-state index < -0.39 is 11.9 Å². The molecule has 2 heterocycles. The molecule has 2 N–H and O–H groups in total. The number of thiazole rings is 1. The molecule has 4 rings (SSSR count). The summed E-state index contributed by atoms with van der Waals surface area (Å²) >= 11 is 1.32. The zero-order chi connectivity index (χ0) is 26.2. The van der Waals surface area contributed by atoms with E-state index in [4.69, 9.17) is 4.74 Å². The van der Waals surface area contributed by atoms with Crippen LogP contribution in [0.3, 0.4) is 0 Å². The number of ether oxygens (including phenoxy) is 1. The molecule has 37 heavy (non-hydrogen) atoms. The monoisotopic (exact) mass is 530 g/mol. The van der Waals surface area contributed by atoms with Crippen LogP contribution in [0.4, 0.5) is 9.52 Å². The molecule has 0 unspecified atom stereocenters. The number of aryl methyl sites for hydroxylation is 1. The molecular formula is C27H35FN4O4S. The molecule has 3 amide bonds. The first-order valence-corrected chi connectivity index (χ1v) is 14.0. The lowest BCUT2D eigenvalue weighted by molar-refractivity contribution is -0.143. The fraction of sp³-hybridized carbons (Fsp3) is 0.556. The van der Waals surface area contributed by atoms with Crippen LogP contribution in [-0.4, -0.2) is 52.9 Å². The second-order valence-corrected chi connectivity index (χ2v) is 10.7. The van der Waals surface area contributed by atoms with Gasteiger partial charge in [0.05, 0.1) is 11.8 Å². The average molecular weight is 531 g/mol. The van der Waals surface area contributed by atoms with Crippen molar-refractivity contribution in [3.8, 4) is 0 Å². The molecule has 1 aliphatic heterocycles. The van der Waals surface area contributed by atoms with Crippen molar-refractivity contribution in [3.05, 3.63) is 46.7 Å². The number of carbonyl (C=O) groups is 3. The summed E-state index contributed by atoms with van der Waals surface area (Å²) < 4.78 is 19.6. The standard InChI is InChI=1S/C27H35FN4O4S/c1-18-17-37-27(29-18)31-23(33)13-14-24(34)32(16-22-8-5-15-36-22)25(19-9-11-20(28)12-10-19)26(35)30-21-6-3-2-4-7-21/h9-12,17,21-22,25H,2-8,13-16H2,1H3,(H,30,35)(H,29,31,33)/t22-,25-/m0/s1. The van der Waals surface area contributed by atoms with Crippen molar-refractivity contribution < 1.29 is 23.5 Å². The second kappa shape index (κ2) is 13.1. The highest BCUT2D eigenvalue weighted by Crippen LogP contribution is 2.27. The van der Waals surface area contributed by atoms with Gasteiger partial charge in [0.1, 0.15) is 11.9 Å². The van der Waals surface area contributed by atoms with Crippen LogP contribution in [-0.2, 0) is 19.1 Å². The fourth-order valence-electron chi connectivity index (χ4n) is 4.96. The number of hydrogen-bond donors (Lipinski definition) is 2. The minimum Gasteiger partial charge on any atom is -0.376 e. The van der Waals surface area contributed by atoms with Crippen LogP contribution in [0.2, 0.25) is 0 Å². The molecule has 0 bridgehead atoms. The van der Waals surface area contributed by atoms with Crippen molar-refractivity contribution in [2.45, 2.75) is 82.9 Å². The van der Waals surface area contributed by atoms with Gasteiger partial charge in [-0.1, -0.05) is 31.4 Å². The van der Waals surface area contributed by atoms with Crippen LogP contribution in [0.25, 0.3) is 0 Å². The molecule has 2 aromatic rings. The predicted octanol–water partition coefficient (Wildman–Crippen LogP) is 4.51. The second-order valence-electron chi connectivity index (χ2n) is 9.82. The maximum atomic E-state index is 13.8. The Balaban J connectivity index is 1.53. The van der Waals surface area contributed by atoms with E-state index in [2.05, 4.69) is 15.6 Å². The Morgan fingerprint density at radius 2 is 1.86 bits per heavy atom. The van der Waals surface area contributed by atoms with E-state index in [9.17, 15) is 18.8 Å². The molecule has 1 aromatic heterocycles. The fourth-order valence-corrected chi connectivity index (χ4v) is 5.67. The van der Waals surface area contributed by atoms with E-state index in [0.29, 0.717) is 17.3 Å². The van der Waals surface area contributed by atoms with Gasteiger partial charge in [-0.15, -0.1) is 11.3 Å². The summed E-state index contributed by atoms with van der Waals surface area (Å²) in [5.74, 6) is -1.34. The molecule has 1 saturated carbocycles. The first-order valence-electron chi connectivity index (χ1n) is 13.1. The molecule has 1 aliphatic carbocycles. The minimum absolute atomic E-state index is 0.0418. The number of benzene rings is 1. The smallest absolute Gasteiger partial charge is 0.247 e. The summed E-state index contributed by atoms with van der Waals surface area (Å²) in [6.07, 6.45) is 6.43. The van der Waals surface area contributed by atoms with E-state index >= 15 is 0 Å². The summed E-state index contributed by atoms with van der Waals surface area (Å²) in [6, 6.07) is 4.81. The molecule has 10 heteroatoms. The maximum Gasteiger partial charge on any atom is 0.247 e. The molecule has 2 fully saturated rings. The quantitative estimate of drug-likeness (QED) is 0.471. The molecule has 1 saturated heterocycles. The predicted molar refractivity (Wildman–Crippen MR) is 140 cm³/mol. The van der Waals surface area contributed by atoms with E-state index in [1.165, 1.54) is 28.4 Å². The molecule has 0 spiro atoms. The van der Waals surface area contributed by atoms with Gasteiger partial charge in [-0.3, -0.25) is 14.4 Å². The van der Waals surface area contributed by atoms with Gasteiger partial charge in [0.25, 0.3) is 0 Å². The maximum absolute atomic E-state index is 13.8. The van der Waals surface area contributed by atoms with Gasteiger partial charge in [-0.25, -0.2) is 9.37 Å². The highest BCUT2D eigenvalue weighted by Gasteiger charge is 2.35. The lowest BCUT2D eigenvalue weighted by Gasteiger charge is -2.34. The number of halogens is 1. The Hall–Kier alpha value is -2.85. The van der Waals surface area contributed by atoms with E-state index in [-0.39, 0.29) is 49.3 Å². The van der Waals surface area contributed by atoms with Crippen molar-refractivity contribution in [2.75, 3.05) is 18.5 Å². The number of nitrogens with zero attached hydrogens (tertiary/aromatic N) is 2. The van der Waals surface area contributed by atoms with Gasteiger partial charge < -0.3 is 20.3 Å². The molecule has 200 valence electrons. The highest BCUT2D eigenvalue weighted by atomic mass is 32.1. The Morgan fingerprint density at radius 1 is 1.11 bits per heavy atom. The lowest BCUT2D eigenvalue weighted by atomic mass is 9.94. The van der Waals surface area contributed by atoms with Crippen LogP contribution in [0, 0.1) is 12.7 Å². The summed E-state index contributed by atoms with van der Waals surface area (Å²) in [6.45, 7) is 2.68. The summed E-state index contributed by atoms with van der Waals surface area (Å²) in [7, 11) is 0. The van der Waals surface area contributed by atoms with Gasteiger partial charge in [0.2, 0.25) is 17.7 Å². The molecule has 2 aliphatic rings. The number of nitrogens with one attached hydrogen (secondary N) is 2. The first kappa shape index (κ1) is 27.2. The van der Waals surface area contributed by atoms with E-state index in [0.717, 1.165) is 50.6 Å². The van der Waals surface area contributed by atoms with Gasteiger partial charge in [-0.05, 0) is 50.3 Å². The van der Waals surface area contributed by atoms with E-state index in [1.54, 1.807) is 12.1 Å². The zero-order valence-electron chi connectivity index (χ0n) is 21.2. The third-order valence-corrected chi connectivity index (χ3v) is 7.75. The van der Waals surface area contributed by atoms with Crippen molar-refractivity contribution in [2.24, 2.45) is 0 Å². The average Bonchev–Trinajstić information content (AvgIpc) is 3.55. The zero-order valence-corrected chi connectivity index (χ0v) is 22.0. The number of anilines is 1. The summed E-state index contributed by atoms with van der Waals surface area (Å²) in [5, 5.41) is 8.19. The molecule has 0 radical (unpaired) electrons. The number of carbonyl (C=O) groups excluding carboxylic acids is 3. The normalized spacial score (nSPS) is 18.8. The Morgan fingerprint density at radius 3 is 2.51 bits per heavy atom. The van der Waals surface area contributed by atoms with E-state index in [1.807, 2.05) is 12.3 Å². The number of amides is 3. The van der Waals surface area contributed by atoms with Crippen molar-refractivity contribution in [3.63, 3.8) is 0 Å². The molecule has 8 nitrogen and oxygen atoms in total. The Kier molecular flexibility index (Phi) is 9.62. The van der Waals surface area contributed by atoms with Gasteiger partial charge in [0, 0.05) is 37.4 Å². The van der Waals surface area contributed by atoms with Gasteiger partial charge in [-0.2, -0.15) is 0 Å². The Bertz CT molecular complexity index is 1060. The first-order chi connectivity index (χ1) is 17.9. The van der Waals surface area contributed by atoms with Crippen LogP contribution in [0.15, 0.2) is 29.6 Å². The lowest BCUT2D eigenvalue weighted by Crippen LogP contribution is -2.49. The number of hydrogen-bond acceptors (Lipinski definition) is 6. The third kappa shape index (κ3) is 7.82. The summed E-state index contributed by atoms with van der Waals surface area (Å²) in [5.41, 5.74) is 1.34. The van der Waals surface area contributed by atoms with Crippen LogP contribution in [0.5, 0.6) is 0 Å². The molecule has 2 atom stereocenters. The van der Waals surface area contributed by atoms with Crippen molar-refractivity contribution in [1.82, 2.24) is 15.2 Å². The van der Waals surface area contributed by atoms with Gasteiger partial charge >= 0.3 is 0 Å². The third-order valence-electron chi connectivity index (χ3n) is 6.87. The highest BCUT2D eigenvalue weighted by molar-refractivity contribution is 7.13. The summed E-state index contributed by atoms with van der Waals surface area (Å²) in [4.78, 5) is 45.5. The number of rotatable bonds is 10. The van der Waals surface area contributed by atoms with Crippen LogP contribution in [0.1, 0.15) is 75.1 Å². The number of aromatic nitrogens is 1. The van der Waals surface area contributed by atoms with Crippen LogP contribution < -0.4 is 10.6 Å². The SMILES string of the molecule is Cc1csc(NC(=O)CCC(=O)N(C[C@@H]2CCCO2)[C@H](C(=O)NC2CCCCC2)c2ccc(F)cc2)n1. The van der Waals surface area contributed by atoms with Crippen LogP contribution >= 0.6 is 11.3 Å². The van der Waals surface area contributed by atoms with Crippen molar-refractivity contribution in [1.29, 1.82) is 0 Å². The Labute approximate surface area is 221 Å². The van der Waals surface area contributed by atoms with Crippen molar-refractivity contribution >= 4 is 34.2 Å². The molecule has 1 aromatic carbocycles. The minimum atomic E-state index is -0.941. The molecular weight excluding hydrogens is 495 g/mol. The topological polar surface area (TPSA) is 101 Å². The largest absolute Gasteiger partial charge is 0.376 e. The van der Waals surface area contributed by atoms with Gasteiger partial charge in [0.15, 0.2) is 5.13 Å².